The summed E-state index contributed by atoms with van der Waals surface area (Å²) in [5.74, 6) is -0.0685. The van der Waals surface area contributed by atoms with Crippen LogP contribution in [0.5, 0.6) is 5.75 Å². The lowest BCUT2D eigenvalue weighted by Crippen LogP contribution is -2.32. The molecule has 0 bridgehead atoms. The number of benzene rings is 2. The summed E-state index contributed by atoms with van der Waals surface area (Å²) in [7, 11) is 1.59. The summed E-state index contributed by atoms with van der Waals surface area (Å²) in [5, 5.41) is 3.30. The second-order valence-corrected chi connectivity index (χ2v) is 6.64. The van der Waals surface area contributed by atoms with Crippen LogP contribution in [0, 0.1) is 0 Å². The van der Waals surface area contributed by atoms with Gasteiger partial charge in [0, 0.05) is 0 Å². The molecule has 1 N–H and O–H groups in total. The van der Waals surface area contributed by atoms with Gasteiger partial charge < -0.3 is 18.9 Å². The van der Waals surface area contributed by atoms with Gasteiger partial charge in [-0.05, 0) is 29.7 Å². The van der Waals surface area contributed by atoms with Crippen LogP contribution in [0.15, 0.2) is 54.6 Å². The first-order valence-electron chi connectivity index (χ1n) is 9.61. The summed E-state index contributed by atoms with van der Waals surface area (Å²) < 4.78 is 20.9. The molecule has 0 aliphatic carbocycles. The number of methoxy groups -OCH3 is 1. The van der Waals surface area contributed by atoms with Crippen molar-refractivity contribution in [1.82, 2.24) is 5.32 Å². The topological polar surface area (TPSA) is 83.1 Å². The maximum absolute atomic E-state index is 12.6. The highest BCUT2D eigenvalue weighted by atomic mass is 16.7. The van der Waals surface area contributed by atoms with Crippen LogP contribution < -0.4 is 10.1 Å². The van der Waals surface area contributed by atoms with Gasteiger partial charge in [-0.15, -0.1) is 0 Å². The third-order valence-corrected chi connectivity index (χ3v) is 4.63. The second kappa shape index (κ2) is 10.0. The van der Waals surface area contributed by atoms with Gasteiger partial charge in [-0.2, -0.15) is 0 Å². The quantitative estimate of drug-likeness (QED) is 0.429. The third kappa shape index (κ3) is 5.34. The van der Waals surface area contributed by atoms with E-state index in [-0.39, 0.29) is 6.61 Å². The lowest BCUT2D eigenvalue weighted by molar-refractivity contribution is -0.153. The van der Waals surface area contributed by atoms with Crippen LogP contribution in [0.2, 0.25) is 0 Å². The van der Waals surface area contributed by atoms with Gasteiger partial charge in [-0.1, -0.05) is 55.8 Å². The average molecular weight is 399 g/mol. The number of rotatable bonds is 7. The second-order valence-electron chi connectivity index (χ2n) is 6.64. The Kier molecular flexibility index (Phi) is 7.21. The first-order chi connectivity index (χ1) is 14.1. The molecule has 0 aromatic heterocycles. The molecule has 7 nitrogen and oxygen atoms in total. The summed E-state index contributed by atoms with van der Waals surface area (Å²) >= 11 is 0. The molecular formula is C22H25NO6. The molecule has 0 radical (unpaired) electrons. The predicted molar refractivity (Wildman–Crippen MR) is 105 cm³/mol. The van der Waals surface area contributed by atoms with Gasteiger partial charge in [0.1, 0.15) is 12.0 Å². The lowest BCUT2D eigenvalue weighted by Gasteiger charge is -2.16. The maximum atomic E-state index is 12.6. The number of hydrogen-bond donors (Lipinski definition) is 1. The Bertz CT molecular complexity index is 808. The Morgan fingerprint density at radius 3 is 2.41 bits per heavy atom. The Hall–Kier alpha value is -2.90. The first kappa shape index (κ1) is 20.8. The predicted octanol–water partition coefficient (Wildman–Crippen LogP) is 3.90. The minimum atomic E-state index is -1.01. The van der Waals surface area contributed by atoms with Crippen LogP contribution in [0.1, 0.15) is 43.2 Å². The standard InChI is InChI=1S/C22H25NO6/c1-3-4-14-27-22(25)29-21(24)19-18(15-8-6-5-7-9-15)23-20(28-19)16-10-12-17(26-2)13-11-16/h5-13,18-20,23H,3-4,14H2,1-2H3. The number of carbonyl (C=O) groups excluding carboxylic acids is 2. The molecule has 3 rings (SSSR count). The van der Waals surface area contributed by atoms with E-state index in [1.807, 2.05) is 61.5 Å². The van der Waals surface area contributed by atoms with Crippen LogP contribution >= 0.6 is 0 Å². The molecule has 2 aromatic rings. The molecule has 1 aliphatic heterocycles. The number of nitrogens with one attached hydrogen (secondary N) is 1. The molecular weight excluding hydrogens is 374 g/mol. The molecule has 3 unspecified atom stereocenters. The zero-order chi connectivity index (χ0) is 20.6. The molecule has 2 aromatic carbocycles. The highest BCUT2D eigenvalue weighted by molar-refractivity contribution is 5.86. The van der Waals surface area contributed by atoms with Crippen molar-refractivity contribution in [3.05, 3.63) is 65.7 Å². The third-order valence-electron chi connectivity index (χ3n) is 4.63. The van der Waals surface area contributed by atoms with Crippen LogP contribution in [0.4, 0.5) is 4.79 Å². The van der Waals surface area contributed by atoms with Crippen molar-refractivity contribution in [3.8, 4) is 5.75 Å². The zero-order valence-electron chi connectivity index (χ0n) is 16.5. The van der Waals surface area contributed by atoms with Crippen LogP contribution in [0.25, 0.3) is 0 Å². The smallest absolute Gasteiger partial charge is 0.497 e. The van der Waals surface area contributed by atoms with Crippen molar-refractivity contribution in [1.29, 1.82) is 0 Å². The van der Waals surface area contributed by atoms with E-state index in [1.54, 1.807) is 7.11 Å². The Morgan fingerprint density at radius 1 is 1.03 bits per heavy atom. The fourth-order valence-electron chi connectivity index (χ4n) is 3.06. The molecule has 1 heterocycles. The zero-order valence-corrected chi connectivity index (χ0v) is 16.5. The van der Waals surface area contributed by atoms with Crippen LogP contribution in [0.3, 0.4) is 0 Å². The molecule has 0 amide bonds. The average Bonchev–Trinajstić information content (AvgIpc) is 3.20. The Labute approximate surface area is 169 Å². The van der Waals surface area contributed by atoms with Gasteiger partial charge in [0.2, 0.25) is 0 Å². The number of hydrogen-bond acceptors (Lipinski definition) is 7. The van der Waals surface area contributed by atoms with Crippen molar-refractivity contribution in [2.24, 2.45) is 0 Å². The van der Waals surface area contributed by atoms with Gasteiger partial charge in [-0.3, -0.25) is 5.32 Å². The normalized spacial score (nSPS) is 20.8. The minimum absolute atomic E-state index is 0.211. The van der Waals surface area contributed by atoms with E-state index >= 15 is 0 Å². The summed E-state index contributed by atoms with van der Waals surface area (Å²) in [6.45, 7) is 2.19. The van der Waals surface area contributed by atoms with Gasteiger partial charge in [-0.25, -0.2) is 9.59 Å². The molecule has 0 saturated carbocycles. The van der Waals surface area contributed by atoms with E-state index < -0.39 is 30.5 Å². The van der Waals surface area contributed by atoms with E-state index in [1.165, 1.54) is 0 Å². The molecule has 29 heavy (non-hydrogen) atoms. The first-order valence-corrected chi connectivity index (χ1v) is 9.61. The van der Waals surface area contributed by atoms with Gasteiger partial charge >= 0.3 is 12.1 Å². The van der Waals surface area contributed by atoms with Gasteiger partial charge in [0.05, 0.1) is 19.8 Å². The van der Waals surface area contributed by atoms with Crippen molar-refractivity contribution >= 4 is 12.1 Å². The molecule has 154 valence electrons. The van der Waals surface area contributed by atoms with E-state index in [9.17, 15) is 9.59 Å². The Morgan fingerprint density at radius 2 is 1.76 bits per heavy atom. The molecule has 1 saturated heterocycles. The SMILES string of the molecule is CCCCOC(=O)OC(=O)C1OC(c2ccc(OC)cc2)NC1c1ccccc1. The van der Waals surface area contributed by atoms with Crippen molar-refractivity contribution < 1.29 is 28.5 Å². The monoisotopic (exact) mass is 399 g/mol. The molecule has 7 heteroatoms. The molecule has 1 fully saturated rings. The van der Waals surface area contributed by atoms with Gasteiger partial charge in [0.15, 0.2) is 6.10 Å². The van der Waals surface area contributed by atoms with E-state index in [0.717, 1.165) is 23.3 Å². The number of esters is 1. The summed E-state index contributed by atoms with van der Waals surface area (Å²) in [6.07, 6.45) is -0.970. The highest BCUT2D eigenvalue weighted by Crippen LogP contribution is 2.35. The minimum Gasteiger partial charge on any atom is -0.497 e. The van der Waals surface area contributed by atoms with E-state index in [4.69, 9.17) is 18.9 Å². The van der Waals surface area contributed by atoms with E-state index in [2.05, 4.69) is 5.32 Å². The van der Waals surface area contributed by atoms with Gasteiger partial charge in [0.25, 0.3) is 0 Å². The number of ether oxygens (including phenoxy) is 4. The highest BCUT2D eigenvalue weighted by Gasteiger charge is 2.42. The summed E-state index contributed by atoms with van der Waals surface area (Å²) in [5.41, 5.74) is 1.68. The van der Waals surface area contributed by atoms with Crippen LogP contribution in [-0.2, 0) is 19.0 Å². The van der Waals surface area contributed by atoms with Crippen molar-refractivity contribution in [2.75, 3.05) is 13.7 Å². The summed E-state index contributed by atoms with van der Waals surface area (Å²) in [4.78, 5) is 24.4. The number of unbranched alkanes of at least 4 members (excludes halogenated alkanes) is 1. The molecule has 0 spiro atoms. The Balaban J connectivity index is 1.74. The fraction of sp³-hybridized carbons (Fsp3) is 0.364. The van der Waals surface area contributed by atoms with Crippen molar-refractivity contribution in [3.63, 3.8) is 0 Å². The fourth-order valence-corrected chi connectivity index (χ4v) is 3.06. The number of carbonyl (C=O) groups is 2. The molecule has 1 aliphatic rings. The largest absolute Gasteiger partial charge is 0.516 e. The maximum Gasteiger partial charge on any atom is 0.516 e. The summed E-state index contributed by atoms with van der Waals surface area (Å²) in [6, 6.07) is 16.3. The van der Waals surface area contributed by atoms with Crippen molar-refractivity contribution in [2.45, 2.75) is 38.1 Å². The lowest BCUT2D eigenvalue weighted by atomic mass is 10.0. The van der Waals surface area contributed by atoms with E-state index in [0.29, 0.717) is 6.42 Å². The molecule has 3 atom stereocenters. The van der Waals surface area contributed by atoms with Crippen LogP contribution in [-0.4, -0.2) is 31.9 Å².